The van der Waals surface area contributed by atoms with Gasteiger partial charge < -0.3 is 4.74 Å². The Morgan fingerprint density at radius 2 is 1.96 bits per heavy atom. The number of ether oxygens (including phenoxy) is 1. The van der Waals surface area contributed by atoms with Gasteiger partial charge in [-0.3, -0.25) is 10.1 Å². The van der Waals surface area contributed by atoms with Gasteiger partial charge in [-0.2, -0.15) is 0 Å². The minimum atomic E-state index is -0.497. The number of pyridine rings is 1. The third-order valence-electron chi connectivity index (χ3n) is 2.96. The van der Waals surface area contributed by atoms with Crippen molar-refractivity contribution in [3.05, 3.63) is 28.7 Å². The van der Waals surface area contributed by atoms with Crippen molar-refractivity contribution < 1.29 is 9.53 Å². The van der Waals surface area contributed by atoms with E-state index in [1.165, 1.54) is 21.5 Å². The summed E-state index contributed by atoms with van der Waals surface area (Å²) in [5.41, 5.74) is 0.164. The molecule has 0 radical (unpaired) electrons. The maximum absolute atomic E-state index is 12.4. The molecule has 0 aromatic carbocycles. The molecule has 124 valence electrons. The largest absolute Gasteiger partial charge is 0.469 e. The summed E-state index contributed by atoms with van der Waals surface area (Å²) in [6, 6.07) is 2.96. The Bertz CT molecular complexity index is 875. The molecule has 0 aliphatic carbocycles. The van der Waals surface area contributed by atoms with E-state index in [0.717, 1.165) is 0 Å². The van der Waals surface area contributed by atoms with E-state index in [9.17, 15) is 4.79 Å². The highest BCUT2D eigenvalue weighted by atomic mass is 35.5. The van der Waals surface area contributed by atoms with Gasteiger partial charge >= 0.3 is 0 Å². The molecule has 0 saturated carbocycles. The van der Waals surface area contributed by atoms with E-state index in [-0.39, 0.29) is 29.2 Å². The Kier molecular flexibility index (Phi) is 4.29. The van der Waals surface area contributed by atoms with Crippen molar-refractivity contribution in [1.82, 2.24) is 45.4 Å². The first-order chi connectivity index (χ1) is 11.5. The molecule has 0 bridgehead atoms. The Morgan fingerprint density at radius 3 is 2.62 bits per heavy atom. The first kappa shape index (κ1) is 15.7. The van der Waals surface area contributed by atoms with Crippen LogP contribution in [0, 0.1) is 0 Å². The number of halogens is 1. The molecule has 0 fully saturated rings. The Labute approximate surface area is 139 Å². The summed E-state index contributed by atoms with van der Waals surface area (Å²) >= 11 is 5.88. The van der Waals surface area contributed by atoms with Gasteiger partial charge in [0.25, 0.3) is 5.91 Å². The molecule has 3 heterocycles. The van der Waals surface area contributed by atoms with E-state index in [2.05, 4.69) is 41.4 Å². The average molecular weight is 351 g/mol. The molecular weight excluding hydrogens is 340 g/mol. The molecule has 1 N–H and O–H groups in total. The monoisotopic (exact) mass is 350 g/mol. The first-order valence-corrected chi connectivity index (χ1v) is 6.96. The van der Waals surface area contributed by atoms with Gasteiger partial charge in [-0.15, -0.1) is 5.10 Å². The fourth-order valence-electron chi connectivity index (χ4n) is 1.71. The zero-order valence-corrected chi connectivity index (χ0v) is 13.3. The molecule has 3 aromatic rings. The zero-order valence-electron chi connectivity index (χ0n) is 12.6. The third-order valence-corrected chi connectivity index (χ3v) is 3.17. The van der Waals surface area contributed by atoms with E-state index in [0.29, 0.717) is 5.82 Å². The number of amides is 1. The summed E-state index contributed by atoms with van der Waals surface area (Å²) in [6.45, 7) is 0.0165. The van der Waals surface area contributed by atoms with Crippen LogP contribution in [0.25, 0.3) is 0 Å². The number of carbonyl (C=O) groups is 1. The number of carbonyl (C=O) groups excluding carboxylic acids is 1. The topological polar surface area (TPSA) is 138 Å². The number of tetrazole rings is 2. The second-order valence-corrected chi connectivity index (χ2v) is 4.96. The fourth-order valence-corrected chi connectivity index (χ4v) is 1.85. The summed E-state index contributed by atoms with van der Waals surface area (Å²) in [7, 11) is 3.26. The van der Waals surface area contributed by atoms with Crippen molar-refractivity contribution in [1.29, 1.82) is 0 Å². The lowest BCUT2D eigenvalue weighted by Crippen LogP contribution is -2.17. The molecule has 3 aromatic heterocycles. The summed E-state index contributed by atoms with van der Waals surface area (Å²) in [5.74, 6) is 0.181. The van der Waals surface area contributed by atoms with Crippen LogP contribution >= 0.6 is 11.6 Å². The predicted octanol–water partition coefficient (Wildman–Crippen LogP) is -0.387. The smallest absolute Gasteiger partial charge is 0.263 e. The van der Waals surface area contributed by atoms with Crippen LogP contribution in [-0.4, -0.2) is 51.3 Å². The molecule has 13 heteroatoms. The number of aryl methyl sites for hydroxylation is 2. The SMILES string of the molecule is Cn1nnnc1COc1nc(Cl)ccc1C(=O)Nc1nnnn1C. The van der Waals surface area contributed by atoms with E-state index in [4.69, 9.17) is 16.3 Å². The van der Waals surface area contributed by atoms with Gasteiger partial charge in [-0.25, -0.2) is 14.3 Å². The number of nitrogens with zero attached hydrogens (tertiary/aromatic N) is 9. The summed E-state index contributed by atoms with van der Waals surface area (Å²) < 4.78 is 8.29. The van der Waals surface area contributed by atoms with Gasteiger partial charge in [0.2, 0.25) is 11.8 Å². The van der Waals surface area contributed by atoms with Crippen LogP contribution < -0.4 is 10.1 Å². The van der Waals surface area contributed by atoms with Crippen molar-refractivity contribution in [2.24, 2.45) is 14.1 Å². The van der Waals surface area contributed by atoms with Gasteiger partial charge in [-0.05, 0) is 33.0 Å². The predicted molar refractivity (Wildman–Crippen MR) is 79.1 cm³/mol. The lowest BCUT2D eigenvalue weighted by Gasteiger charge is -2.10. The maximum atomic E-state index is 12.4. The van der Waals surface area contributed by atoms with Crippen LogP contribution in [0.15, 0.2) is 12.1 Å². The number of aromatic nitrogens is 9. The number of nitrogens with one attached hydrogen (secondary N) is 1. The highest BCUT2D eigenvalue weighted by Crippen LogP contribution is 2.20. The average Bonchev–Trinajstić information content (AvgIpc) is 3.14. The van der Waals surface area contributed by atoms with Crippen molar-refractivity contribution in [2.75, 3.05) is 5.32 Å². The highest BCUT2D eigenvalue weighted by molar-refractivity contribution is 6.29. The molecule has 3 rings (SSSR count). The van der Waals surface area contributed by atoms with E-state index in [1.54, 1.807) is 14.1 Å². The summed E-state index contributed by atoms with van der Waals surface area (Å²) in [5, 5.41) is 24.5. The van der Waals surface area contributed by atoms with Crippen molar-refractivity contribution in [3.63, 3.8) is 0 Å². The number of hydrogen-bond acceptors (Lipinski definition) is 9. The van der Waals surface area contributed by atoms with Crippen LogP contribution in [0.3, 0.4) is 0 Å². The highest BCUT2D eigenvalue weighted by Gasteiger charge is 2.18. The van der Waals surface area contributed by atoms with Crippen LogP contribution in [0.1, 0.15) is 16.2 Å². The quantitative estimate of drug-likeness (QED) is 0.609. The number of hydrogen-bond donors (Lipinski definition) is 1. The molecular formula is C11H11ClN10O2. The molecule has 12 nitrogen and oxygen atoms in total. The van der Waals surface area contributed by atoms with Crippen LogP contribution in [0.5, 0.6) is 5.88 Å². The second kappa shape index (κ2) is 6.54. The Morgan fingerprint density at radius 1 is 1.21 bits per heavy atom. The third kappa shape index (κ3) is 3.27. The Balaban J connectivity index is 1.81. The lowest BCUT2D eigenvalue weighted by atomic mass is 10.2. The zero-order chi connectivity index (χ0) is 17.1. The summed E-state index contributed by atoms with van der Waals surface area (Å²) in [4.78, 5) is 16.4. The van der Waals surface area contributed by atoms with Crippen molar-refractivity contribution in [3.8, 4) is 5.88 Å². The van der Waals surface area contributed by atoms with Gasteiger partial charge in [0.1, 0.15) is 10.7 Å². The molecule has 0 unspecified atom stereocenters. The molecule has 0 atom stereocenters. The minimum absolute atomic E-state index is 0.0165. The van der Waals surface area contributed by atoms with Gasteiger partial charge in [0, 0.05) is 14.1 Å². The molecule has 1 amide bonds. The van der Waals surface area contributed by atoms with Crippen LogP contribution in [-0.2, 0) is 20.7 Å². The fraction of sp³-hybridized carbons (Fsp3) is 0.273. The van der Waals surface area contributed by atoms with Crippen LogP contribution in [0.2, 0.25) is 5.15 Å². The van der Waals surface area contributed by atoms with Gasteiger partial charge in [0.15, 0.2) is 12.4 Å². The van der Waals surface area contributed by atoms with E-state index < -0.39 is 5.91 Å². The van der Waals surface area contributed by atoms with Crippen LogP contribution in [0.4, 0.5) is 5.95 Å². The van der Waals surface area contributed by atoms with E-state index in [1.807, 2.05) is 0 Å². The van der Waals surface area contributed by atoms with Gasteiger partial charge in [0.05, 0.1) is 0 Å². The Hall–Kier alpha value is -3.15. The van der Waals surface area contributed by atoms with Crippen molar-refractivity contribution in [2.45, 2.75) is 6.61 Å². The molecule has 0 saturated heterocycles. The number of rotatable bonds is 5. The lowest BCUT2D eigenvalue weighted by molar-refractivity contribution is 0.102. The molecule has 0 spiro atoms. The minimum Gasteiger partial charge on any atom is -0.469 e. The normalized spacial score (nSPS) is 10.6. The first-order valence-electron chi connectivity index (χ1n) is 6.59. The second-order valence-electron chi connectivity index (χ2n) is 4.57. The molecule has 24 heavy (non-hydrogen) atoms. The van der Waals surface area contributed by atoms with Crippen molar-refractivity contribution >= 4 is 23.5 Å². The molecule has 0 aliphatic heterocycles. The summed E-state index contributed by atoms with van der Waals surface area (Å²) in [6.07, 6.45) is 0. The van der Waals surface area contributed by atoms with Gasteiger partial charge in [-0.1, -0.05) is 16.7 Å². The molecule has 0 aliphatic rings. The standard InChI is InChI=1S/C11H11ClN10O2/c1-21-8(15-17-19-21)5-24-10-6(3-4-7(12)13-10)9(23)14-11-16-18-20-22(11)2/h3-4H,5H2,1-2H3,(H,14,16,20,23). The maximum Gasteiger partial charge on any atom is 0.263 e. The number of anilines is 1. The van der Waals surface area contributed by atoms with E-state index >= 15 is 0 Å².